The summed E-state index contributed by atoms with van der Waals surface area (Å²) in [5.74, 6) is -5.93. The number of alkyl halides is 5. The zero-order chi connectivity index (χ0) is 23.1. The van der Waals surface area contributed by atoms with Gasteiger partial charge in [-0.2, -0.15) is 13.2 Å². The Bertz CT molecular complexity index is 869. The van der Waals surface area contributed by atoms with Gasteiger partial charge in [-0.15, -0.1) is 0 Å². The lowest BCUT2D eigenvalue weighted by atomic mass is 9.85. The van der Waals surface area contributed by atoms with Crippen LogP contribution in [0.5, 0.6) is 0 Å². The van der Waals surface area contributed by atoms with Gasteiger partial charge >= 0.3 is 12.1 Å². The molecule has 0 spiro atoms. The Morgan fingerprint density at radius 3 is 2.32 bits per heavy atom. The van der Waals surface area contributed by atoms with Gasteiger partial charge in [0.05, 0.1) is 28.6 Å². The topological polar surface area (TPSA) is 86.9 Å². The third kappa shape index (κ3) is 4.82. The van der Waals surface area contributed by atoms with Crippen LogP contribution in [0.25, 0.3) is 0 Å². The lowest BCUT2D eigenvalue weighted by molar-refractivity contribution is -0.384. The summed E-state index contributed by atoms with van der Waals surface area (Å²) in [4.78, 5) is 25.1. The minimum absolute atomic E-state index is 0.00400. The number of halogens is 5. The van der Waals surface area contributed by atoms with Crippen LogP contribution in [0.4, 0.5) is 39.0 Å². The molecule has 0 radical (unpaired) electrons. The molecule has 7 nitrogen and oxygen atoms in total. The van der Waals surface area contributed by atoms with Crippen LogP contribution < -0.4 is 9.80 Å². The summed E-state index contributed by atoms with van der Waals surface area (Å²) in [5, 5.41) is 21.1. The highest BCUT2D eigenvalue weighted by molar-refractivity contribution is 5.97. The molecule has 0 unspecified atom stereocenters. The van der Waals surface area contributed by atoms with E-state index in [1.807, 2.05) is 0 Å². The fraction of sp³-hybridized carbons (Fsp3) is 0.632. The van der Waals surface area contributed by atoms with Gasteiger partial charge in [-0.3, -0.25) is 10.1 Å². The molecule has 1 aromatic carbocycles. The smallest absolute Gasteiger partial charge is 0.391 e. The molecule has 12 heteroatoms. The van der Waals surface area contributed by atoms with Gasteiger partial charge < -0.3 is 14.9 Å². The minimum Gasteiger partial charge on any atom is -0.478 e. The highest BCUT2D eigenvalue weighted by Crippen LogP contribution is 2.43. The summed E-state index contributed by atoms with van der Waals surface area (Å²) in [5.41, 5.74) is -1.08. The van der Waals surface area contributed by atoms with Gasteiger partial charge in [0.2, 0.25) is 0 Å². The Balaban J connectivity index is 1.96. The number of aromatic carboxylic acids is 1. The third-order valence-corrected chi connectivity index (χ3v) is 6.12. The van der Waals surface area contributed by atoms with E-state index < -0.39 is 59.2 Å². The largest absolute Gasteiger partial charge is 0.478 e. The van der Waals surface area contributed by atoms with Crippen LogP contribution in [0, 0.1) is 16.0 Å². The molecule has 0 bridgehead atoms. The number of carbonyl (C=O) groups is 1. The fourth-order valence-electron chi connectivity index (χ4n) is 4.36. The first-order valence-electron chi connectivity index (χ1n) is 9.78. The number of carboxylic acids is 1. The van der Waals surface area contributed by atoms with E-state index in [4.69, 9.17) is 0 Å². The van der Waals surface area contributed by atoms with Crippen molar-refractivity contribution in [1.29, 1.82) is 0 Å². The number of hydrogen-bond acceptors (Lipinski definition) is 5. The summed E-state index contributed by atoms with van der Waals surface area (Å²) < 4.78 is 66.2. The van der Waals surface area contributed by atoms with Crippen molar-refractivity contribution in [3.63, 3.8) is 0 Å². The van der Waals surface area contributed by atoms with E-state index in [0.29, 0.717) is 0 Å². The molecular weight excluding hydrogens is 429 g/mol. The molecule has 172 valence electrons. The Kier molecular flexibility index (Phi) is 6.03. The zero-order valence-corrected chi connectivity index (χ0v) is 16.7. The van der Waals surface area contributed by atoms with E-state index in [1.54, 1.807) is 0 Å². The molecule has 0 amide bonds. The average Bonchev–Trinajstić information content (AvgIpc) is 3.05. The normalized spacial score (nSPS) is 23.6. The fourth-order valence-corrected chi connectivity index (χ4v) is 4.36. The number of hydrogen-bond donors (Lipinski definition) is 1. The molecule has 0 atom stereocenters. The molecule has 3 rings (SSSR count). The van der Waals surface area contributed by atoms with E-state index in [-0.39, 0.29) is 43.6 Å². The van der Waals surface area contributed by atoms with Crippen LogP contribution in [0.2, 0.25) is 0 Å². The van der Waals surface area contributed by atoms with Crippen molar-refractivity contribution < 1.29 is 36.8 Å². The van der Waals surface area contributed by atoms with E-state index in [1.165, 1.54) is 22.9 Å². The zero-order valence-electron chi connectivity index (χ0n) is 16.7. The molecular formula is C19H22F5N3O4. The minimum atomic E-state index is -4.30. The van der Waals surface area contributed by atoms with Crippen molar-refractivity contribution in [2.45, 2.75) is 50.2 Å². The Morgan fingerprint density at radius 1 is 1.26 bits per heavy atom. The summed E-state index contributed by atoms with van der Waals surface area (Å²) >= 11 is 0. The van der Waals surface area contributed by atoms with Crippen molar-refractivity contribution in [3.8, 4) is 0 Å². The molecule has 1 aromatic rings. The Morgan fingerprint density at radius 2 is 1.87 bits per heavy atom. The summed E-state index contributed by atoms with van der Waals surface area (Å²) in [6, 6.07) is 1.60. The Labute approximate surface area is 174 Å². The van der Waals surface area contributed by atoms with E-state index in [2.05, 4.69) is 0 Å². The van der Waals surface area contributed by atoms with Gasteiger partial charge in [0.15, 0.2) is 0 Å². The number of nitro benzene ring substituents is 1. The number of nitrogens with zero attached hydrogens (tertiary/aromatic N) is 3. The number of nitro groups is 1. The Hall–Kier alpha value is -2.66. The van der Waals surface area contributed by atoms with Gasteiger partial charge in [0.1, 0.15) is 5.69 Å². The van der Waals surface area contributed by atoms with Gasteiger partial charge in [-0.1, -0.05) is 0 Å². The third-order valence-electron chi connectivity index (χ3n) is 6.12. The first-order valence-corrected chi connectivity index (χ1v) is 9.78. The van der Waals surface area contributed by atoms with Crippen molar-refractivity contribution >= 4 is 23.0 Å². The van der Waals surface area contributed by atoms with E-state index in [9.17, 15) is 42.0 Å². The first-order chi connectivity index (χ1) is 14.3. The second-order valence-corrected chi connectivity index (χ2v) is 8.11. The van der Waals surface area contributed by atoms with Crippen LogP contribution in [0.3, 0.4) is 0 Å². The highest BCUT2D eigenvalue weighted by Gasteiger charge is 2.43. The van der Waals surface area contributed by atoms with Crippen molar-refractivity contribution in [1.82, 2.24) is 0 Å². The van der Waals surface area contributed by atoms with Gasteiger partial charge in [0.25, 0.3) is 11.6 Å². The lowest BCUT2D eigenvalue weighted by Gasteiger charge is -2.36. The molecule has 2 fully saturated rings. The quantitative estimate of drug-likeness (QED) is 0.397. The first kappa shape index (κ1) is 23.0. The maximum atomic E-state index is 13.7. The molecule has 31 heavy (non-hydrogen) atoms. The molecule has 1 aliphatic carbocycles. The van der Waals surface area contributed by atoms with Crippen molar-refractivity contribution in [2.24, 2.45) is 5.92 Å². The van der Waals surface area contributed by atoms with Crippen LogP contribution in [-0.4, -0.2) is 54.3 Å². The molecule has 1 heterocycles. The maximum absolute atomic E-state index is 13.7. The SMILES string of the molecule is CN(c1cc(N2CCC(F)(F)C2)c(C(=O)O)cc1[N+](=O)[O-])C1CCC(C(F)(F)F)CC1. The average molecular weight is 451 g/mol. The molecule has 1 N–H and O–H groups in total. The summed E-state index contributed by atoms with van der Waals surface area (Å²) in [7, 11) is 1.49. The van der Waals surface area contributed by atoms with Gasteiger partial charge in [0, 0.05) is 32.1 Å². The molecule has 2 aliphatic rings. The summed E-state index contributed by atoms with van der Waals surface area (Å²) in [6.07, 6.45) is -4.72. The number of benzene rings is 1. The predicted octanol–water partition coefficient (Wildman–Crippen LogP) is 4.70. The van der Waals surface area contributed by atoms with E-state index in [0.717, 1.165) is 6.07 Å². The standard InChI is InChI=1S/C19H22F5N3O4/c1-25(12-4-2-11(3-5-12)19(22,23)24)15-9-14(26-7-6-18(20,21)10-26)13(17(28)29)8-16(15)27(30)31/h8-9,11-12H,2-7,10H2,1H3,(H,28,29). The molecule has 1 aliphatic heterocycles. The monoisotopic (exact) mass is 451 g/mol. The second kappa shape index (κ2) is 8.12. The van der Waals surface area contributed by atoms with Gasteiger partial charge in [-0.05, 0) is 31.7 Å². The van der Waals surface area contributed by atoms with E-state index >= 15 is 0 Å². The highest BCUT2D eigenvalue weighted by atomic mass is 19.4. The van der Waals surface area contributed by atoms with Gasteiger partial charge in [-0.25, -0.2) is 13.6 Å². The number of rotatable bonds is 5. The van der Waals surface area contributed by atoms with Crippen molar-refractivity contribution in [3.05, 3.63) is 27.8 Å². The van der Waals surface area contributed by atoms with Crippen LogP contribution in [0.1, 0.15) is 42.5 Å². The lowest BCUT2D eigenvalue weighted by Crippen LogP contribution is -2.38. The molecule has 0 aromatic heterocycles. The van der Waals surface area contributed by atoms with Crippen molar-refractivity contribution in [2.75, 3.05) is 29.9 Å². The van der Waals surface area contributed by atoms with Crippen LogP contribution in [-0.2, 0) is 0 Å². The molecule has 1 saturated heterocycles. The molecule has 1 saturated carbocycles. The number of anilines is 2. The maximum Gasteiger partial charge on any atom is 0.391 e. The number of carboxylic acid groups (broad SMARTS) is 1. The van der Waals surface area contributed by atoms with Crippen LogP contribution >= 0.6 is 0 Å². The predicted molar refractivity (Wildman–Crippen MR) is 102 cm³/mol. The second-order valence-electron chi connectivity index (χ2n) is 8.11. The van der Waals surface area contributed by atoms with Crippen LogP contribution in [0.15, 0.2) is 12.1 Å². The summed E-state index contributed by atoms with van der Waals surface area (Å²) in [6.45, 7) is -0.837.